The molecule has 0 fully saturated rings. The Bertz CT molecular complexity index is 357. The highest BCUT2D eigenvalue weighted by atomic mass is 35.5. The second kappa shape index (κ2) is 2.88. The largest absolute Gasteiger partial charge is 0.459 e. The summed E-state index contributed by atoms with van der Waals surface area (Å²) in [5, 5.41) is 8.23. The molecule has 2 aromatic rings. The summed E-state index contributed by atoms with van der Waals surface area (Å²) in [6.45, 7) is 1.88. The maximum absolute atomic E-state index is 5.62. The van der Waals surface area contributed by atoms with Crippen LogP contribution < -0.4 is 0 Å². The molecule has 0 bridgehead atoms. The van der Waals surface area contributed by atoms with Crippen molar-refractivity contribution >= 4 is 22.9 Å². The monoisotopic (exact) mass is 200 g/mol. The third kappa shape index (κ3) is 1.35. The molecule has 0 aliphatic rings. The van der Waals surface area contributed by atoms with Crippen LogP contribution >= 0.6 is 22.9 Å². The van der Waals surface area contributed by atoms with Crippen LogP contribution in [-0.2, 0) is 0 Å². The zero-order chi connectivity index (χ0) is 8.55. The van der Waals surface area contributed by atoms with Crippen LogP contribution in [0.15, 0.2) is 16.5 Å². The van der Waals surface area contributed by atoms with Gasteiger partial charge in [0.05, 0.1) is 0 Å². The van der Waals surface area contributed by atoms with Crippen molar-refractivity contribution in [2.24, 2.45) is 0 Å². The lowest BCUT2D eigenvalue weighted by Gasteiger charge is -1.84. The van der Waals surface area contributed by atoms with Gasteiger partial charge in [0.25, 0.3) is 0 Å². The molecule has 62 valence electrons. The van der Waals surface area contributed by atoms with Crippen LogP contribution in [0.4, 0.5) is 0 Å². The van der Waals surface area contributed by atoms with Crippen molar-refractivity contribution in [2.75, 3.05) is 0 Å². The summed E-state index contributed by atoms with van der Waals surface area (Å²) in [7, 11) is 0. The van der Waals surface area contributed by atoms with Crippen LogP contribution in [0, 0.1) is 6.92 Å². The molecule has 0 atom stereocenters. The molecule has 0 unspecified atom stereocenters. The number of hydrogen-bond acceptors (Lipinski definition) is 4. The van der Waals surface area contributed by atoms with Crippen LogP contribution in [0.25, 0.3) is 10.8 Å². The smallest absolute Gasteiger partial charge is 0.207 e. The molecule has 2 heterocycles. The van der Waals surface area contributed by atoms with E-state index in [4.69, 9.17) is 16.0 Å². The van der Waals surface area contributed by atoms with Crippen molar-refractivity contribution in [3.05, 3.63) is 22.4 Å². The van der Waals surface area contributed by atoms with E-state index in [2.05, 4.69) is 10.2 Å². The Labute approximate surface area is 78.0 Å². The fourth-order valence-corrected chi connectivity index (χ4v) is 1.64. The van der Waals surface area contributed by atoms with Gasteiger partial charge in [0.2, 0.25) is 4.47 Å². The van der Waals surface area contributed by atoms with Gasteiger partial charge in [-0.2, -0.15) is 0 Å². The summed E-state index contributed by atoms with van der Waals surface area (Å²) in [5.74, 6) is 1.58. The Morgan fingerprint density at radius 2 is 2.25 bits per heavy atom. The van der Waals surface area contributed by atoms with Crippen LogP contribution in [-0.4, -0.2) is 10.2 Å². The molecule has 0 amide bonds. The first-order valence-corrected chi connectivity index (χ1v) is 4.51. The molecule has 12 heavy (non-hydrogen) atoms. The second-order valence-electron chi connectivity index (χ2n) is 2.27. The quantitative estimate of drug-likeness (QED) is 0.711. The Morgan fingerprint density at radius 3 is 2.75 bits per heavy atom. The molecule has 2 rings (SSSR count). The lowest BCUT2D eigenvalue weighted by atomic mass is 10.4. The summed E-state index contributed by atoms with van der Waals surface area (Å²) in [4.78, 5) is 0. The van der Waals surface area contributed by atoms with E-state index in [1.807, 2.05) is 19.1 Å². The number of hydrogen-bond donors (Lipinski definition) is 0. The molecule has 2 aromatic heterocycles. The molecule has 3 nitrogen and oxygen atoms in total. The topological polar surface area (TPSA) is 38.9 Å². The van der Waals surface area contributed by atoms with E-state index in [0.29, 0.717) is 9.47 Å². The Morgan fingerprint density at radius 1 is 1.42 bits per heavy atom. The Kier molecular flexibility index (Phi) is 1.86. The molecule has 0 saturated heterocycles. The Balaban J connectivity index is 2.43. The van der Waals surface area contributed by atoms with E-state index < -0.39 is 0 Å². The minimum Gasteiger partial charge on any atom is -0.459 e. The second-order valence-corrected chi connectivity index (χ2v) is 3.83. The van der Waals surface area contributed by atoms with E-state index >= 15 is 0 Å². The molecule has 0 aliphatic heterocycles. The minimum atomic E-state index is 0.430. The zero-order valence-corrected chi connectivity index (χ0v) is 7.82. The third-order valence-corrected chi connectivity index (χ3v) is 2.38. The molecule has 0 spiro atoms. The van der Waals surface area contributed by atoms with Crippen molar-refractivity contribution in [1.82, 2.24) is 10.2 Å². The van der Waals surface area contributed by atoms with Crippen molar-refractivity contribution in [3.8, 4) is 10.8 Å². The van der Waals surface area contributed by atoms with Gasteiger partial charge in [-0.15, -0.1) is 10.2 Å². The Hall–Kier alpha value is -0.870. The predicted octanol–water partition coefficient (Wildman–Crippen LogP) is 2.76. The standard InChI is InChI=1S/C7H5ClN2OS/c1-4-2-3-5(11-4)6-9-10-7(8)12-6/h2-3H,1H3. The van der Waals surface area contributed by atoms with Gasteiger partial charge in [-0.25, -0.2) is 0 Å². The van der Waals surface area contributed by atoms with E-state index in [1.54, 1.807) is 0 Å². The molecule has 0 N–H and O–H groups in total. The van der Waals surface area contributed by atoms with Gasteiger partial charge in [0, 0.05) is 0 Å². The van der Waals surface area contributed by atoms with E-state index in [9.17, 15) is 0 Å². The van der Waals surface area contributed by atoms with Gasteiger partial charge in [-0.05, 0) is 30.7 Å². The number of halogens is 1. The normalized spacial score (nSPS) is 10.5. The third-order valence-electron chi connectivity index (χ3n) is 1.35. The van der Waals surface area contributed by atoms with Crippen LogP contribution in [0.2, 0.25) is 4.47 Å². The minimum absolute atomic E-state index is 0.430. The zero-order valence-electron chi connectivity index (χ0n) is 6.24. The van der Waals surface area contributed by atoms with Gasteiger partial charge in [-0.3, -0.25) is 0 Å². The van der Waals surface area contributed by atoms with Crippen LogP contribution in [0.1, 0.15) is 5.76 Å². The number of aryl methyl sites for hydroxylation is 1. The summed E-state index contributed by atoms with van der Waals surface area (Å²) in [5.41, 5.74) is 0. The molecule has 5 heteroatoms. The first-order valence-electron chi connectivity index (χ1n) is 3.31. The summed E-state index contributed by atoms with van der Waals surface area (Å²) >= 11 is 6.92. The lowest BCUT2D eigenvalue weighted by molar-refractivity contribution is 0.547. The van der Waals surface area contributed by atoms with Crippen molar-refractivity contribution in [1.29, 1.82) is 0 Å². The summed E-state index contributed by atoms with van der Waals surface area (Å²) in [6.07, 6.45) is 0. The molecular formula is C7H5ClN2OS. The highest BCUT2D eigenvalue weighted by molar-refractivity contribution is 7.18. The molecule has 0 radical (unpaired) electrons. The van der Waals surface area contributed by atoms with E-state index in [1.165, 1.54) is 11.3 Å². The lowest BCUT2D eigenvalue weighted by Crippen LogP contribution is -1.70. The van der Waals surface area contributed by atoms with Gasteiger partial charge in [0.1, 0.15) is 5.76 Å². The molecule has 0 aromatic carbocycles. The van der Waals surface area contributed by atoms with Crippen molar-refractivity contribution in [2.45, 2.75) is 6.92 Å². The average molecular weight is 201 g/mol. The molecule has 0 aliphatic carbocycles. The fraction of sp³-hybridized carbons (Fsp3) is 0.143. The van der Waals surface area contributed by atoms with E-state index in [-0.39, 0.29) is 0 Å². The van der Waals surface area contributed by atoms with Crippen molar-refractivity contribution in [3.63, 3.8) is 0 Å². The van der Waals surface area contributed by atoms with Crippen LogP contribution in [0.3, 0.4) is 0 Å². The van der Waals surface area contributed by atoms with Crippen LogP contribution in [0.5, 0.6) is 0 Å². The predicted molar refractivity (Wildman–Crippen MR) is 47.4 cm³/mol. The van der Waals surface area contributed by atoms with Gasteiger partial charge < -0.3 is 4.42 Å². The number of aromatic nitrogens is 2. The average Bonchev–Trinajstić information content (AvgIpc) is 2.58. The SMILES string of the molecule is Cc1ccc(-c2nnc(Cl)s2)o1. The van der Waals surface area contributed by atoms with Gasteiger partial charge in [-0.1, -0.05) is 11.3 Å². The van der Waals surface area contributed by atoms with Crippen molar-refractivity contribution < 1.29 is 4.42 Å². The molecular weight excluding hydrogens is 196 g/mol. The maximum Gasteiger partial charge on any atom is 0.207 e. The summed E-state index contributed by atoms with van der Waals surface area (Å²) < 4.78 is 5.76. The fourth-order valence-electron chi connectivity index (χ4n) is 0.854. The highest BCUT2D eigenvalue weighted by Crippen LogP contribution is 2.27. The molecule has 0 saturated carbocycles. The maximum atomic E-state index is 5.62. The number of furan rings is 1. The van der Waals surface area contributed by atoms with E-state index in [0.717, 1.165) is 11.5 Å². The van der Waals surface area contributed by atoms with Gasteiger partial charge >= 0.3 is 0 Å². The highest BCUT2D eigenvalue weighted by Gasteiger charge is 2.07. The van der Waals surface area contributed by atoms with Gasteiger partial charge in [0.15, 0.2) is 10.8 Å². The first kappa shape index (κ1) is 7.76. The summed E-state index contributed by atoms with van der Waals surface area (Å²) in [6, 6.07) is 3.73. The first-order chi connectivity index (χ1) is 5.75. The number of rotatable bonds is 1. The number of nitrogens with zero attached hydrogens (tertiary/aromatic N) is 2.